The van der Waals surface area contributed by atoms with Crippen molar-refractivity contribution < 1.29 is 9.59 Å². The van der Waals surface area contributed by atoms with Crippen molar-refractivity contribution in [3.63, 3.8) is 0 Å². The van der Waals surface area contributed by atoms with Crippen LogP contribution in [-0.4, -0.2) is 44.8 Å². The maximum absolute atomic E-state index is 13.0. The Bertz CT molecular complexity index is 1280. The molecule has 2 aliphatic heterocycles. The fourth-order valence-electron chi connectivity index (χ4n) is 5.47. The fourth-order valence-corrected chi connectivity index (χ4v) is 5.47. The second-order valence-corrected chi connectivity index (χ2v) is 9.39. The number of benzene rings is 1. The monoisotopic (exact) mass is 454 g/mol. The molecular weight excluding hydrogens is 428 g/mol. The van der Waals surface area contributed by atoms with Gasteiger partial charge in [0.1, 0.15) is 23.7 Å². The third-order valence-electron chi connectivity index (χ3n) is 7.23. The molecule has 2 N–H and O–H groups in total. The number of nitrogens with one attached hydrogen (secondary N) is 2. The van der Waals surface area contributed by atoms with E-state index in [-0.39, 0.29) is 11.8 Å². The molecule has 1 fully saturated rings. The first-order valence-electron chi connectivity index (χ1n) is 11.9. The lowest BCUT2D eigenvalue weighted by molar-refractivity contribution is -0.120. The van der Waals surface area contributed by atoms with Gasteiger partial charge in [0.05, 0.1) is 5.41 Å². The molecule has 1 aromatic carbocycles. The first-order valence-corrected chi connectivity index (χ1v) is 11.9. The molecular formula is C26H26N6O2. The quantitative estimate of drug-likeness (QED) is 0.627. The molecule has 0 saturated carbocycles. The minimum absolute atomic E-state index is 0.0133. The van der Waals surface area contributed by atoms with Gasteiger partial charge in [-0.15, -0.1) is 0 Å². The zero-order valence-electron chi connectivity index (χ0n) is 18.9. The first kappa shape index (κ1) is 20.8. The van der Waals surface area contributed by atoms with E-state index in [9.17, 15) is 9.59 Å². The van der Waals surface area contributed by atoms with Crippen molar-refractivity contribution in [1.82, 2.24) is 19.9 Å². The molecule has 34 heavy (non-hydrogen) atoms. The average Bonchev–Trinajstić information content (AvgIpc) is 3.21. The van der Waals surface area contributed by atoms with E-state index < -0.39 is 5.41 Å². The molecule has 1 saturated heterocycles. The maximum Gasteiger partial charge on any atom is 0.272 e. The molecule has 8 heteroatoms. The van der Waals surface area contributed by atoms with E-state index >= 15 is 0 Å². The highest BCUT2D eigenvalue weighted by atomic mass is 16.2. The molecule has 0 radical (unpaired) electrons. The van der Waals surface area contributed by atoms with Gasteiger partial charge in [-0.25, -0.2) is 15.0 Å². The van der Waals surface area contributed by atoms with Crippen LogP contribution in [-0.2, 0) is 23.1 Å². The van der Waals surface area contributed by atoms with Gasteiger partial charge in [-0.2, -0.15) is 0 Å². The molecule has 1 aliphatic carbocycles. The predicted molar refractivity (Wildman–Crippen MR) is 128 cm³/mol. The van der Waals surface area contributed by atoms with Crippen LogP contribution in [0.5, 0.6) is 0 Å². The molecule has 6 rings (SSSR count). The van der Waals surface area contributed by atoms with Gasteiger partial charge in [0.15, 0.2) is 0 Å². The maximum atomic E-state index is 13.0. The standard InChI is InChI=1S/C26H26N6O2/c33-24(32-10-3-1-2-4-11-32)21-13-22(29-16-28-21)30-19-8-7-17-14-26(15-18(17)12-19)20-6-5-9-27-23(20)31-25(26)34/h5-9,12-13,16H,1-4,10-11,14-15H2,(H,27,31,34)(H,28,29,30). The Kier molecular flexibility index (Phi) is 5.01. The van der Waals surface area contributed by atoms with Gasteiger partial charge in [0.2, 0.25) is 5.91 Å². The van der Waals surface area contributed by atoms with Crippen molar-refractivity contribution in [1.29, 1.82) is 0 Å². The Morgan fingerprint density at radius 1 is 0.971 bits per heavy atom. The Balaban J connectivity index is 1.22. The minimum atomic E-state index is -0.591. The van der Waals surface area contributed by atoms with Crippen LogP contribution in [0.1, 0.15) is 52.9 Å². The summed E-state index contributed by atoms with van der Waals surface area (Å²) < 4.78 is 0. The summed E-state index contributed by atoms with van der Waals surface area (Å²) in [6.45, 7) is 1.56. The summed E-state index contributed by atoms with van der Waals surface area (Å²) in [7, 11) is 0. The van der Waals surface area contributed by atoms with Gasteiger partial charge >= 0.3 is 0 Å². The molecule has 1 spiro atoms. The molecule has 2 amide bonds. The Morgan fingerprint density at radius 2 is 1.79 bits per heavy atom. The third-order valence-corrected chi connectivity index (χ3v) is 7.23. The van der Waals surface area contributed by atoms with Gasteiger partial charge < -0.3 is 15.5 Å². The number of carbonyl (C=O) groups is 2. The van der Waals surface area contributed by atoms with Crippen LogP contribution in [0.25, 0.3) is 0 Å². The van der Waals surface area contributed by atoms with Gasteiger partial charge in [-0.05, 0) is 55.0 Å². The molecule has 3 aliphatic rings. The van der Waals surface area contributed by atoms with Gasteiger partial charge in [0, 0.05) is 36.6 Å². The molecule has 1 atom stereocenters. The molecule has 1 unspecified atom stereocenters. The summed E-state index contributed by atoms with van der Waals surface area (Å²) in [6.07, 6.45) is 8.85. The topological polar surface area (TPSA) is 100 Å². The lowest BCUT2D eigenvalue weighted by Gasteiger charge is -2.20. The number of carbonyl (C=O) groups excluding carboxylic acids is 2. The van der Waals surface area contributed by atoms with Crippen LogP contribution in [0.4, 0.5) is 17.3 Å². The second-order valence-electron chi connectivity index (χ2n) is 9.39. The number of hydrogen-bond donors (Lipinski definition) is 2. The van der Waals surface area contributed by atoms with E-state index in [1.165, 1.54) is 19.2 Å². The van der Waals surface area contributed by atoms with Crippen LogP contribution in [0, 0.1) is 0 Å². The van der Waals surface area contributed by atoms with Crippen molar-refractivity contribution in [3.05, 3.63) is 71.3 Å². The zero-order valence-corrected chi connectivity index (χ0v) is 18.9. The van der Waals surface area contributed by atoms with Crippen molar-refractivity contribution in [3.8, 4) is 0 Å². The minimum Gasteiger partial charge on any atom is -0.340 e. The number of nitrogens with zero attached hydrogens (tertiary/aromatic N) is 4. The highest BCUT2D eigenvalue weighted by molar-refractivity contribution is 6.06. The van der Waals surface area contributed by atoms with Gasteiger partial charge in [-0.3, -0.25) is 9.59 Å². The predicted octanol–water partition coefficient (Wildman–Crippen LogP) is 3.62. The molecule has 3 aromatic rings. The number of pyridine rings is 1. The SMILES string of the molecule is O=C(c1cc(Nc2ccc3c(c2)CC2(C3)C(=O)Nc3ncccc32)ncn1)N1CCCCCC1. The van der Waals surface area contributed by atoms with Crippen molar-refractivity contribution >= 4 is 29.1 Å². The van der Waals surface area contributed by atoms with Crippen molar-refractivity contribution in [2.24, 2.45) is 0 Å². The van der Waals surface area contributed by atoms with E-state index in [0.717, 1.165) is 48.3 Å². The average molecular weight is 455 g/mol. The van der Waals surface area contributed by atoms with E-state index in [4.69, 9.17) is 0 Å². The van der Waals surface area contributed by atoms with E-state index in [1.54, 1.807) is 12.3 Å². The normalized spacial score (nSPS) is 21.1. The lowest BCUT2D eigenvalue weighted by Crippen LogP contribution is -2.35. The van der Waals surface area contributed by atoms with E-state index in [2.05, 4.69) is 37.7 Å². The number of fused-ring (bicyclic) bond motifs is 3. The number of amides is 2. The number of anilines is 3. The van der Waals surface area contributed by atoms with Crippen LogP contribution in [0.2, 0.25) is 0 Å². The smallest absolute Gasteiger partial charge is 0.272 e. The lowest BCUT2D eigenvalue weighted by atomic mass is 9.79. The highest BCUT2D eigenvalue weighted by Crippen LogP contribution is 2.47. The van der Waals surface area contributed by atoms with Crippen molar-refractivity contribution in [2.45, 2.75) is 43.9 Å². The number of rotatable bonds is 3. The molecule has 4 heterocycles. The van der Waals surface area contributed by atoms with Gasteiger partial charge in [0.25, 0.3) is 5.91 Å². The van der Waals surface area contributed by atoms with Crippen LogP contribution in [0.15, 0.2) is 48.9 Å². The van der Waals surface area contributed by atoms with E-state index in [0.29, 0.717) is 30.2 Å². The summed E-state index contributed by atoms with van der Waals surface area (Å²) in [5.74, 6) is 1.22. The zero-order chi connectivity index (χ0) is 23.1. The van der Waals surface area contributed by atoms with E-state index in [1.807, 2.05) is 23.1 Å². The number of aromatic nitrogens is 3. The number of hydrogen-bond acceptors (Lipinski definition) is 6. The molecule has 0 bridgehead atoms. The summed E-state index contributed by atoms with van der Waals surface area (Å²) >= 11 is 0. The summed E-state index contributed by atoms with van der Waals surface area (Å²) in [5, 5.41) is 6.27. The fraction of sp³-hybridized carbons (Fsp3) is 0.346. The Hall–Kier alpha value is -3.81. The van der Waals surface area contributed by atoms with Crippen LogP contribution >= 0.6 is 0 Å². The second kappa shape index (κ2) is 8.20. The molecule has 2 aromatic heterocycles. The first-order chi connectivity index (χ1) is 16.6. The Labute approximate surface area is 197 Å². The van der Waals surface area contributed by atoms with Gasteiger partial charge in [-0.1, -0.05) is 25.0 Å². The van der Waals surface area contributed by atoms with Crippen LogP contribution < -0.4 is 10.6 Å². The molecule has 8 nitrogen and oxygen atoms in total. The van der Waals surface area contributed by atoms with Crippen molar-refractivity contribution in [2.75, 3.05) is 23.7 Å². The molecule has 172 valence electrons. The summed E-state index contributed by atoms with van der Waals surface area (Å²) in [4.78, 5) is 40.7. The summed E-state index contributed by atoms with van der Waals surface area (Å²) in [5.41, 5.74) is 3.95. The third kappa shape index (κ3) is 3.50. The van der Waals surface area contributed by atoms with Crippen LogP contribution in [0.3, 0.4) is 0 Å². The summed E-state index contributed by atoms with van der Waals surface area (Å²) in [6, 6.07) is 11.7. The largest absolute Gasteiger partial charge is 0.340 e. The highest BCUT2D eigenvalue weighted by Gasteiger charge is 2.51. The Morgan fingerprint density at radius 3 is 2.65 bits per heavy atom. The number of likely N-dealkylation sites (tertiary alicyclic amines) is 1.